The number of thiazole rings is 1. The number of fused-ring (bicyclic) bond motifs is 1. The Morgan fingerprint density at radius 1 is 1.25 bits per heavy atom. The number of hydrogen-bond acceptors (Lipinski definition) is 10. The van der Waals surface area contributed by atoms with Crippen LogP contribution >= 0.6 is 11.3 Å². The van der Waals surface area contributed by atoms with Gasteiger partial charge in [0.1, 0.15) is 17.2 Å². The van der Waals surface area contributed by atoms with Crippen molar-refractivity contribution in [3.63, 3.8) is 0 Å². The van der Waals surface area contributed by atoms with Crippen LogP contribution in [0.5, 0.6) is 0 Å². The molecule has 2 saturated heterocycles. The van der Waals surface area contributed by atoms with Crippen LogP contribution in [0.3, 0.4) is 0 Å². The summed E-state index contributed by atoms with van der Waals surface area (Å²) in [4.78, 5) is 50.8. The molecule has 0 spiro atoms. The van der Waals surface area contributed by atoms with Gasteiger partial charge in [0, 0.05) is 55.5 Å². The summed E-state index contributed by atoms with van der Waals surface area (Å²) < 4.78 is 12.7. The number of esters is 1. The van der Waals surface area contributed by atoms with E-state index in [0.29, 0.717) is 47.2 Å². The zero-order valence-corrected chi connectivity index (χ0v) is 24.4. The third kappa shape index (κ3) is 6.05. The number of Topliss-reactive ketones (excluding diaryl/α,β-unsaturated/α-hetero) is 1. The summed E-state index contributed by atoms with van der Waals surface area (Å²) in [6.45, 7) is 9.79. The topological polar surface area (TPSA) is 116 Å². The molecule has 0 radical (unpaired) electrons. The first-order valence-corrected chi connectivity index (χ1v) is 14.9. The number of pyridine rings is 2. The number of aromatic nitrogens is 3. The van der Waals surface area contributed by atoms with Gasteiger partial charge in [-0.2, -0.15) is 0 Å². The molecule has 2 aliphatic rings. The predicted molar refractivity (Wildman–Crippen MR) is 156 cm³/mol. The largest absolute Gasteiger partial charge is 0.462 e. The Morgan fingerprint density at radius 2 is 2.05 bits per heavy atom. The minimum Gasteiger partial charge on any atom is -0.462 e. The number of ether oxygens (including phenoxy) is 2. The van der Waals surface area contributed by atoms with Crippen molar-refractivity contribution in [1.29, 1.82) is 0 Å². The number of ketones is 1. The minimum absolute atomic E-state index is 0.0486. The van der Waals surface area contributed by atoms with Crippen LogP contribution in [0, 0.1) is 5.92 Å². The minimum atomic E-state index is -0.687. The number of carbonyl (C=O) groups is 2. The monoisotopic (exact) mass is 567 g/mol. The molecule has 1 unspecified atom stereocenters. The standard InChI is InChI=1S/C29H37N5O5S/c1-5-38-27(37)20-17-34(28-30-11-13-40-28)26-24(25(20)36)21(32-29(2,3)4)14-23(31-26)33-15-18(16-33)22(35)10-9-19-8-6-7-12-39-19/h11,13-14,17-19H,5-10,12,15-16H2,1-4H3,(H,31,32). The zero-order valence-electron chi connectivity index (χ0n) is 23.6. The van der Waals surface area contributed by atoms with E-state index in [1.165, 1.54) is 24.0 Å². The quantitative estimate of drug-likeness (QED) is 0.371. The van der Waals surface area contributed by atoms with Gasteiger partial charge >= 0.3 is 5.97 Å². The van der Waals surface area contributed by atoms with Crippen LogP contribution in [0.4, 0.5) is 11.5 Å². The Bertz CT molecular complexity index is 1430. The lowest BCUT2D eigenvalue weighted by atomic mass is 9.91. The molecule has 5 rings (SSSR count). The van der Waals surface area contributed by atoms with Crippen molar-refractivity contribution in [2.45, 2.75) is 71.4 Å². The molecule has 3 aromatic rings. The van der Waals surface area contributed by atoms with Crippen LogP contribution in [0.25, 0.3) is 16.2 Å². The number of carbonyl (C=O) groups excluding carboxylic acids is 2. The van der Waals surface area contributed by atoms with Crippen LogP contribution in [-0.4, -0.2) is 64.2 Å². The summed E-state index contributed by atoms with van der Waals surface area (Å²) >= 11 is 1.37. The highest BCUT2D eigenvalue weighted by Crippen LogP contribution is 2.33. The van der Waals surface area contributed by atoms with Crippen LogP contribution in [-0.2, 0) is 14.3 Å². The summed E-state index contributed by atoms with van der Waals surface area (Å²) in [6.07, 6.45) is 7.95. The van der Waals surface area contributed by atoms with Gasteiger partial charge in [-0.15, -0.1) is 11.3 Å². The normalized spacial score (nSPS) is 18.0. The Morgan fingerprint density at radius 3 is 2.70 bits per heavy atom. The Kier molecular flexibility index (Phi) is 8.23. The summed E-state index contributed by atoms with van der Waals surface area (Å²) in [5, 5.41) is 6.13. The van der Waals surface area contributed by atoms with Crippen LogP contribution in [0.1, 0.15) is 70.2 Å². The molecular formula is C29H37N5O5S. The fourth-order valence-electron chi connectivity index (χ4n) is 5.21. The molecule has 1 N–H and O–H groups in total. The average Bonchev–Trinajstić information content (AvgIpc) is 3.41. The maximum absolute atomic E-state index is 13.7. The van der Waals surface area contributed by atoms with E-state index in [-0.39, 0.29) is 35.5 Å². The van der Waals surface area contributed by atoms with Gasteiger partial charge in [-0.1, -0.05) is 0 Å². The van der Waals surface area contributed by atoms with Gasteiger partial charge < -0.3 is 19.7 Å². The molecule has 0 aliphatic carbocycles. The number of hydrogen-bond donors (Lipinski definition) is 1. The molecule has 5 heterocycles. The summed E-state index contributed by atoms with van der Waals surface area (Å²) in [7, 11) is 0. The van der Waals surface area contributed by atoms with Gasteiger partial charge in [0.2, 0.25) is 5.43 Å². The molecule has 11 heteroatoms. The highest BCUT2D eigenvalue weighted by molar-refractivity contribution is 7.12. The van der Waals surface area contributed by atoms with Crippen molar-refractivity contribution in [1.82, 2.24) is 14.5 Å². The first-order valence-electron chi connectivity index (χ1n) is 14.0. The van der Waals surface area contributed by atoms with E-state index < -0.39 is 11.4 Å². The average molecular weight is 568 g/mol. The van der Waals surface area contributed by atoms with Gasteiger partial charge in [-0.05, 0) is 53.4 Å². The lowest BCUT2D eigenvalue weighted by Gasteiger charge is -2.40. The lowest BCUT2D eigenvalue weighted by Crippen LogP contribution is -2.51. The second kappa shape index (κ2) is 11.7. The molecular weight excluding hydrogens is 530 g/mol. The molecule has 10 nitrogen and oxygen atoms in total. The van der Waals surface area contributed by atoms with Crippen molar-refractivity contribution >= 4 is 45.6 Å². The maximum atomic E-state index is 13.7. The molecule has 2 aliphatic heterocycles. The molecule has 0 aromatic carbocycles. The van der Waals surface area contributed by atoms with E-state index in [1.54, 1.807) is 17.7 Å². The van der Waals surface area contributed by atoms with Gasteiger partial charge in [0.15, 0.2) is 10.8 Å². The van der Waals surface area contributed by atoms with Crippen LogP contribution < -0.4 is 15.6 Å². The third-order valence-corrected chi connectivity index (χ3v) is 7.99. The highest BCUT2D eigenvalue weighted by Gasteiger charge is 2.35. The highest BCUT2D eigenvalue weighted by atomic mass is 32.1. The fraction of sp³-hybridized carbons (Fsp3) is 0.552. The molecule has 0 bridgehead atoms. The van der Waals surface area contributed by atoms with Crippen molar-refractivity contribution in [3.05, 3.63) is 39.6 Å². The summed E-state index contributed by atoms with van der Waals surface area (Å²) in [5.41, 5.74) is 0.0550. The SMILES string of the molecule is CCOC(=O)c1cn(-c2nccs2)c2nc(N3CC(C(=O)CCC4CCCCO4)C3)cc(NC(C)(C)C)c2c1=O. The molecule has 40 heavy (non-hydrogen) atoms. The Balaban J connectivity index is 1.49. The van der Waals surface area contributed by atoms with Gasteiger partial charge in [-0.25, -0.2) is 14.8 Å². The second-order valence-electron chi connectivity index (χ2n) is 11.5. The number of nitrogens with one attached hydrogen (secondary N) is 1. The summed E-state index contributed by atoms with van der Waals surface area (Å²) in [5.74, 6) is 0.186. The smallest absolute Gasteiger partial charge is 0.343 e. The summed E-state index contributed by atoms with van der Waals surface area (Å²) in [6, 6.07) is 1.84. The van der Waals surface area contributed by atoms with E-state index in [9.17, 15) is 14.4 Å². The number of anilines is 2. The van der Waals surface area contributed by atoms with E-state index >= 15 is 0 Å². The van der Waals surface area contributed by atoms with Crippen molar-refractivity contribution in [3.8, 4) is 5.13 Å². The molecule has 0 saturated carbocycles. The Labute approximate surface area is 237 Å². The number of nitrogens with zero attached hydrogens (tertiary/aromatic N) is 4. The van der Waals surface area contributed by atoms with Crippen molar-refractivity contribution in [2.75, 3.05) is 36.5 Å². The fourth-order valence-corrected chi connectivity index (χ4v) is 5.83. The van der Waals surface area contributed by atoms with E-state index in [2.05, 4.69) is 15.2 Å². The molecule has 0 amide bonds. The van der Waals surface area contributed by atoms with E-state index in [0.717, 1.165) is 25.9 Å². The van der Waals surface area contributed by atoms with Gasteiger partial charge in [0.25, 0.3) is 0 Å². The van der Waals surface area contributed by atoms with Gasteiger partial charge in [0.05, 0.1) is 29.7 Å². The second-order valence-corrected chi connectivity index (χ2v) is 12.3. The van der Waals surface area contributed by atoms with Crippen LogP contribution in [0.15, 0.2) is 28.6 Å². The predicted octanol–water partition coefficient (Wildman–Crippen LogP) is 4.58. The maximum Gasteiger partial charge on any atom is 0.343 e. The van der Waals surface area contributed by atoms with E-state index in [4.69, 9.17) is 14.5 Å². The number of rotatable bonds is 9. The third-order valence-electron chi connectivity index (χ3n) is 7.22. The van der Waals surface area contributed by atoms with Crippen LogP contribution in [0.2, 0.25) is 0 Å². The zero-order chi connectivity index (χ0) is 28.4. The first-order chi connectivity index (χ1) is 19.1. The molecule has 3 aromatic heterocycles. The molecule has 2 fully saturated rings. The molecule has 214 valence electrons. The Hall–Kier alpha value is -3.31. The van der Waals surface area contributed by atoms with Crippen molar-refractivity contribution < 1.29 is 19.1 Å². The van der Waals surface area contributed by atoms with E-state index in [1.807, 2.05) is 32.2 Å². The lowest BCUT2D eigenvalue weighted by molar-refractivity contribution is -0.124. The molecule has 1 atom stereocenters. The first kappa shape index (κ1) is 28.2. The van der Waals surface area contributed by atoms with Crippen molar-refractivity contribution in [2.24, 2.45) is 5.92 Å². The van der Waals surface area contributed by atoms with Gasteiger partial charge in [-0.3, -0.25) is 14.2 Å².